The van der Waals surface area contributed by atoms with Crippen molar-refractivity contribution in [3.63, 3.8) is 0 Å². The van der Waals surface area contributed by atoms with E-state index in [1.165, 1.54) is 0 Å². The summed E-state index contributed by atoms with van der Waals surface area (Å²) < 4.78 is 5.41. The van der Waals surface area contributed by atoms with Gasteiger partial charge >= 0.3 is 0 Å². The van der Waals surface area contributed by atoms with Crippen molar-refractivity contribution in [1.29, 1.82) is 0 Å². The molecule has 0 spiro atoms. The second-order valence-corrected chi connectivity index (χ2v) is 9.85. The van der Waals surface area contributed by atoms with Gasteiger partial charge < -0.3 is 20.7 Å². The first kappa shape index (κ1) is 24.3. The molecule has 0 unspecified atom stereocenters. The van der Waals surface area contributed by atoms with E-state index in [0.717, 1.165) is 81.8 Å². The normalized spacial score (nSPS) is 18.1. The van der Waals surface area contributed by atoms with Gasteiger partial charge in [-0.25, -0.2) is 0 Å². The molecule has 4 N–H and O–H groups in total. The maximum atomic E-state index is 12.8. The van der Waals surface area contributed by atoms with E-state index in [-0.39, 0.29) is 11.8 Å². The summed E-state index contributed by atoms with van der Waals surface area (Å²) in [6.45, 7) is 3.88. The molecule has 8 nitrogen and oxygen atoms in total. The highest BCUT2D eigenvalue weighted by Crippen LogP contribution is 2.44. The molecule has 2 fully saturated rings. The Balaban J connectivity index is 1.22. The molecule has 2 aliphatic heterocycles. The van der Waals surface area contributed by atoms with Crippen LogP contribution in [-0.4, -0.2) is 50.6 Å². The van der Waals surface area contributed by atoms with Crippen molar-refractivity contribution >= 4 is 29.1 Å². The van der Waals surface area contributed by atoms with Crippen molar-refractivity contribution in [1.82, 2.24) is 16.0 Å². The summed E-state index contributed by atoms with van der Waals surface area (Å²) in [6.07, 6.45) is 6.34. The molecule has 1 aliphatic carbocycles. The number of carbonyl (C=O) groups is 2. The van der Waals surface area contributed by atoms with Crippen LogP contribution in [0.15, 0.2) is 47.5 Å². The van der Waals surface area contributed by atoms with E-state index in [1.54, 1.807) is 0 Å². The summed E-state index contributed by atoms with van der Waals surface area (Å²) >= 11 is 0. The van der Waals surface area contributed by atoms with E-state index in [1.807, 2.05) is 42.5 Å². The molecule has 0 atom stereocenters. The molecule has 2 aromatic carbocycles. The molecule has 0 radical (unpaired) electrons. The molecule has 2 amide bonds. The van der Waals surface area contributed by atoms with Crippen LogP contribution in [0.3, 0.4) is 0 Å². The molecule has 36 heavy (non-hydrogen) atoms. The lowest BCUT2D eigenvalue weighted by molar-refractivity contribution is 0.0636. The van der Waals surface area contributed by atoms with Crippen molar-refractivity contribution in [2.75, 3.05) is 38.2 Å². The zero-order valence-electron chi connectivity index (χ0n) is 20.6. The Morgan fingerprint density at radius 1 is 1.00 bits per heavy atom. The van der Waals surface area contributed by atoms with Gasteiger partial charge in [0.1, 0.15) is 0 Å². The molecule has 2 aromatic rings. The van der Waals surface area contributed by atoms with Crippen LogP contribution < -0.4 is 21.3 Å². The third-order valence-electron chi connectivity index (χ3n) is 7.04. The molecule has 1 saturated heterocycles. The van der Waals surface area contributed by atoms with Gasteiger partial charge in [0.15, 0.2) is 5.96 Å². The van der Waals surface area contributed by atoms with Gasteiger partial charge in [-0.2, -0.15) is 0 Å². The first-order valence-electron chi connectivity index (χ1n) is 13.1. The molecule has 1 saturated carbocycles. The topological polar surface area (TPSA) is 104 Å². The largest absolute Gasteiger partial charge is 0.381 e. The fraction of sp³-hybridized carbons (Fsp3) is 0.464. The monoisotopic (exact) mass is 489 g/mol. The van der Waals surface area contributed by atoms with Crippen molar-refractivity contribution in [3.8, 4) is 0 Å². The first-order chi connectivity index (χ1) is 17.7. The number of benzene rings is 2. The van der Waals surface area contributed by atoms with Crippen LogP contribution in [0.5, 0.6) is 0 Å². The molecular weight excluding hydrogens is 454 g/mol. The minimum absolute atomic E-state index is 0.0561. The summed E-state index contributed by atoms with van der Waals surface area (Å²) in [4.78, 5) is 29.8. The van der Waals surface area contributed by atoms with Gasteiger partial charge in [-0.3, -0.25) is 19.9 Å². The Kier molecular flexibility index (Phi) is 7.81. The lowest BCUT2D eigenvalue weighted by atomic mass is 9.97. The maximum Gasteiger partial charge on any atom is 0.257 e. The molecule has 8 heteroatoms. The van der Waals surface area contributed by atoms with Gasteiger partial charge in [0, 0.05) is 55.3 Å². The van der Waals surface area contributed by atoms with Crippen molar-refractivity contribution in [2.24, 2.45) is 10.9 Å². The van der Waals surface area contributed by atoms with E-state index in [2.05, 4.69) is 26.3 Å². The fourth-order valence-electron chi connectivity index (χ4n) is 4.77. The number of hydrogen-bond donors (Lipinski definition) is 4. The van der Waals surface area contributed by atoms with Crippen LogP contribution in [0.2, 0.25) is 0 Å². The minimum atomic E-state index is -0.156. The number of rotatable bonds is 8. The second-order valence-electron chi connectivity index (χ2n) is 9.85. The Morgan fingerprint density at radius 3 is 2.61 bits per heavy atom. The van der Waals surface area contributed by atoms with Gasteiger partial charge in [-0.15, -0.1) is 0 Å². The number of anilines is 2. The Hall–Kier alpha value is -3.39. The minimum Gasteiger partial charge on any atom is -0.381 e. The quantitative estimate of drug-likeness (QED) is 0.450. The zero-order chi connectivity index (χ0) is 24.7. The van der Waals surface area contributed by atoms with Crippen LogP contribution >= 0.6 is 0 Å². The van der Waals surface area contributed by atoms with Crippen LogP contribution in [0, 0.1) is 5.92 Å². The number of guanidine groups is 1. The Bertz CT molecular complexity index is 1120. The standard InChI is InChI=1S/C28H35N5O3/c34-26(29-14-9-19-10-15-36-16-11-19)21-3-1-4-23(17-21)32-25-8-7-22(18-24(25)20-5-6-20)27(35)33-28-30-12-2-13-31-28/h1,3-4,7-8,17-20,32H,2,5-6,9-16H2,(H,29,34)(H2,30,31,33,35). The first-order valence-corrected chi connectivity index (χ1v) is 13.1. The van der Waals surface area contributed by atoms with E-state index >= 15 is 0 Å². The van der Waals surface area contributed by atoms with E-state index in [4.69, 9.17) is 4.74 Å². The van der Waals surface area contributed by atoms with E-state index in [0.29, 0.717) is 35.5 Å². The number of nitrogens with one attached hydrogen (secondary N) is 4. The van der Waals surface area contributed by atoms with E-state index < -0.39 is 0 Å². The predicted molar refractivity (Wildman–Crippen MR) is 141 cm³/mol. The summed E-state index contributed by atoms with van der Waals surface area (Å²) in [6, 6.07) is 13.3. The lowest BCUT2D eigenvalue weighted by Gasteiger charge is -2.21. The highest BCUT2D eigenvalue weighted by molar-refractivity contribution is 6.06. The fourth-order valence-corrected chi connectivity index (χ4v) is 4.77. The molecule has 3 aliphatic rings. The number of amides is 2. The van der Waals surface area contributed by atoms with Crippen LogP contribution in [0.25, 0.3) is 0 Å². The summed E-state index contributed by atoms with van der Waals surface area (Å²) in [5, 5.41) is 12.5. The average Bonchev–Trinajstić information content (AvgIpc) is 3.76. The van der Waals surface area contributed by atoms with Crippen LogP contribution in [0.4, 0.5) is 11.4 Å². The number of carbonyl (C=O) groups excluding carboxylic acids is 2. The third kappa shape index (κ3) is 6.43. The number of hydrogen-bond acceptors (Lipinski definition) is 6. The van der Waals surface area contributed by atoms with Gasteiger partial charge in [0.25, 0.3) is 11.8 Å². The summed E-state index contributed by atoms with van der Waals surface area (Å²) in [5.74, 6) is 1.41. The Morgan fingerprint density at radius 2 is 1.83 bits per heavy atom. The Labute approximate surface area is 212 Å². The van der Waals surface area contributed by atoms with Gasteiger partial charge in [0.2, 0.25) is 0 Å². The number of aliphatic imine (C=N–C) groups is 1. The molecule has 2 heterocycles. The third-order valence-corrected chi connectivity index (χ3v) is 7.04. The molecule has 190 valence electrons. The zero-order valence-corrected chi connectivity index (χ0v) is 20.6. The molecule has 5 rings (SSSR count). The average molecular weight is 490 g/mol. The maximum absolute atomic E-state index is 12.8. The van der Waals surface area contributed by atoms with Crippen LogP contribution in [-0.2, 0) is 4.74 Å². The predicted octanol–water partition coefficient (Wildman–Crippen LogP) is 3.93. The highest BCUT2D eigenvalue weighted by atomic mass is 16.5. The highest BCUT2D eigenvalue weighted by Gasteiger charge is 2.27. The number of nitrogens with zero attached hydrogens (tertiary/aromatic N) is 1. The lowest BCUT2D eigenvalue weighted by Crippen LogP contribution is -2.43. The van der Waals surface area contributed by atoms with Gasteiger partial charge in [0.05, 0.1) is 0 Å². The van der Waals surface area contributed by atoms with Crippen molar-refractivity contribution in [3.05, 3.63) is 59.2 Å². The molecule has 0 bridgehead atoms. The smallest absolute Gasteiger partial charge is 0.257 e. The van der Waals surface area contributed by atoms with Gasteiger partial charge in [-0.05, 0) is 92.3 Å². The van der Waals surface area contributed by atoms with Gasteiger partial charge in [-0.1, -0.05) is 6.07 Å². The molecule has 0 aromatic heterocycles. The van der Waals surface area contributed by atoms with Crippen LogP contribution in [0.1, 0.15) is 70.7 Å². The van der Waals surface area contributed by atoms with Crippen molar-refractivity contribution in [2.45, 2.75) is 44.4 Å². The molecular formula is C28H35N5O3. The SMILES string of the molecule is O=C(NCCC1CCOCC1)c1cccc(Nc2ccc(C(=O)NC3=NCCCN3)cc2C2CC2)c1. The second kappa shape index (κ2) is 11.6. The summed E-state index contributed by atoms with van der Waals surface area (Å²) in [7, 11) is 0. The number of ether oxygens (including phenoxy) is 1. The van der Waals surface area contributed by atoms with E-state index in [9.17, 15) is 9.59 Å². The summed E-state index contributed by atoms with van der Waals surface area (Å²) in [5.41, 5.74) is 4.21. The van der Waals surface area contributed by atoms with Crippen molar-refractivity contribution < 1.29 is 14.3 Å².